The van der Waals surface area contributed by atoms with Crippen molar-refractivity contribution >= 4 is 11.7 Å². The maximum absolute atomic E-state index is 13.9. The lowest BCUT2D eigenvalue weighted by atomic mass is 10.2. The molecule has 2 aromatic rings. The summed E-state index contributed by atoms with van der Waals surface area (Å²) >= 11 is 0. The molecule has 0 fully saturated rings. The van der Waals surface area contributed by atoms with Gasteiger partial charge >= 0.3 is 0 Å². The van der Waals surface area contributed by atoms with E-state index in [9.17, 15) is 9.18 Å². The van der Waals surface area contributed by atoms with Gasteiger partial charge in [-0.2, -0.15) is 0 Å². The number of nitrogens with zero attached hydrogens (tertiary/aromatic N) is 1. The second-order valence-corrected chi connectivity index (χ2v) is 4.16. The number of benzene rings is 1. The van der Waals surface area contributed by atoms with E-state index in [4.69, 9.17) is 10.6 Å². The Hall–Kier alpha value is -2.67. The van der Waals surface area contributed by atoms with Crippen molar-refractivity contribution in [1.82, 2.24) is 10.3 Å². The molecule has 1 heterocycles. The Morgan fingerprint density at radius 3 is 2.86 bits per heavy atom. The quantitative estimate of drug-likeness (QED) is 0.573. The lowest BCUT2D eigenvalue weighted by Crippen LogP contribution is -2.25. The molecule has 1 aromatic carbocycles. The van der Waals surface area contributed by atoms with E-state index in [-0.39, 0.29) is 17.9 Å². The molecule has 1 aromatic heterocycles. The molecule has 0 aliphatic rings. The van der Waals surface area contributed by atoms with Crippen LogP contribution in [0, 0.1) is 5.82 Å². The van der Waals surface area contributed by atoms with Crippen molar-refractivity contribution in [1.29, 1.82) is 0 Å². The highest BCUT2D eigenvalue weighted by Crippen LogP contribution is 2.18. The van der Waals surface area contributed by atoms with Crippen molar-refractivity contribution in [3.05, 3.63) is 53.5 Å². The predicted octanol–water partition coefficient (Wildman–Crippen LogP) is 1.44. The molecule has 0 radical (unpaired) electrons. The first-order valence-corrected chi connectivity index (χ1v) is 6.18. The lowest BCUT2D eigenvalue weighted by Gasteiger charge is -2.10. The van der Waals surface area contributed by atoms with Crippen molar-refractivity contribution in [2.24, 2.45) is 5.84 Å². The van der Waals surface area contributed by atoms with Gasteiger partial charge in [0.15, 0.2) is 11.6 Å². The number of carbonyl (C=O) groups excluding carboxylic acids is 1. The van der Waals surface area contributed by atoms with Crippen molar-refractivity contribution < 1.29 is 13.9 Å². The van der Waals surface area contributed by atoms with Gasteiger partial charge in [0.2, 0.25) is 0 Å². The molecule has 0 aliphatic carbocycles. The summed E-state index contributed by atoms with van der Waals surface area (Å²) in [5, 5.41) is 2.63. The second kappa shape index (κ2) is 6.67. The first kappa shape index (κ1) is 14.7. The third-order valence-electron chi connectivity index (χ3n) is 2.90. The number of methoxy groups -OCH3 is 1. The van der Waals surface area contributed by atoms with Gasteiger partial charge in [0.05, 0.1) is 12.7 Å². The van der Waals surface area contributed by atoms with Crippen LogP contribution in [0.1, 0.15) is 15.9 Å². The molecule has 4 N–H and O–H groups in total. The van der Waals surface area contributed by atoms with Gasteiger partial charge in [0.25, 0.3) is 5.91 Å². The van der Waals surface area contributed by atoms with Crippen LogP contribution in [0.2, 0.25) is 0 Å². The number of hydrogen-bond acceptors (Lipinski definition) is 5. The normalized spacial score (nSPS) is 10.0. The molecule has 1 amide bonds. The number of halogens is 1. The Kier molecular flexibility index (Phi) is 4.68. The van der Waals surface area contributed by atoms with Crippen LogP contribution < -0.4 is 21.3 Å². The molecular formula is C14H15FN4O2. The zero-order valence-corrected chi connectivity index (χ0v) is 11.4. The molecule has 0 atom stereocenters. The van der Waals surface area contributed by atoms with Crippen LogP contribution in [-0.4, -0.2) is 18.0 Å². The average molecular weight is 290 g/mol. The van der Waals surface area contributed by atoms with E-state index in [1.807, 2.05) is 18.2 Å². The van der Waals surface area contributed by atoms with Gasteiger partial charge in [-0.05, 0) is 12.1 Å². The van der Waals surface area contributed by atoms with Gasteiger partial charge in [-0.1, -0.05) is 18.2 Å². The number of nitrogens with two attached hydrogens (primary N) is 1. The predicted molar refractivity (Wildman–Crippen MR) is 76.2 cm³/mol. The highest BCUT2D eigenvalue weighted by atomic mass is 19.1. The number of para-hydroxylation sites is 1. The van der Waals surface area contributed by atoms with Gasteiger partial charge in [0, 0.05) is 18.3 Å². The summed E-state index contributed by atoms with van der Waals surface area (Å²) in [6, 6.07) is 8.53. The zero-order valence-electron chi connectivity index (χ0n) is 11.4. The third kappa shape index (κ3) is 3.26. The molecule has 0 saturated heterocycles. The van der Waals surface area contributed by atoms with E-state index in [0.29, 0.717) is 5.75 Å². The number of nitrogen functional groups attached to an aromatic ring is 1. The van der Waals surface area contributed by atoms with Crippen molar-refractivity contribution in [2.45, 2.75) is 6.54 Å². The average Bonchev–Trinajstić information content (AvgIpc) is 2.53. The monoisotopic (exact) mass is 290 g/mol. The summed E-state index contributed by atoms with van der Waals surface area (Å²) in [6.45, 7) is 0.218. The Balaban J connectivity index is 2.12. The summed E-state index contributed by atoms with van der Waals surface area (Å²) in [4.78, 5) is 15.7. The van der Waals surface area contributed by atoms with Gasteiger partial charge in [-0.25, -0.2) is 15.2 Å². The zero-order chi connectivity index (χ0) is 15.2. The molecule has 2 rings (SSSR count). The maximum Gasteiger partial charge on any atom is 0.254 e. The van der Waals surface area contributed by atoms with Gasteiger partial charge in [-0.15, -0.1) is 0 Å². The summed E-state index contributed by atoms with van der Waals surface area (Å²) in [6.07, 6.45) is 1.30. The van der Waals surface area contributed by atoms with Crippen LogP contribution in [0.25, 0.3) is 0 Å². The molecule has 0 unspecified atom stereocenters. The van der Waals surface area contributed by atoms with Crippen LogP contribution in [0.5, 0.6) is 5.75 Å². The first-order chi connectivity index (χ1) is 10.2. The molecule has 21 heavy (non-hydrogen) atoms. The van der Waals surface area contributed by atoms with E-state index in [1.54, 1.807) is 13.2 Å². The molecule has 6 nitrogen and oxygen atoms in total. The van der Waals surface area contributed by atoms with Crippen LogP contribution >= 0.6 is 0 Å². The SMILES string of the molecule is COc1ccccc1CNC(=O)c1ccnc(NN)c1F. The second-order valence-electron chi connectivity index (χ2n) is 4.16. The summed E-state index contributed by atoms with van der Waals surface area (Å²) in [5.74, 6) is 4.24. The number of nitrogens with one attached hydrogen (secondary N) is 2. The number of hydrazine groups is 1. The largest absolute Gasteiger partial charge is 0.496 e. The number of ether oxygens (including phenoxy) is 1. The van der Waals surface area contributed by atoms with E-state index < -0.39 is 11.7 Å². The van der Waals surface area contributed by atoms with Gasteiger partial charge in [-0.3, -0.25) is 4.79 Å². The third-order valence-corrected chi connectivity index (χ3v) is 2.90. The number of anilines is 1. The number of amides is 1. The summed E-state index contributed by atoms with van der Waals surface area (Å²) in [7, 11) is 1.54. The topological polar surface area (TPSA) is 89.3 Å². The lowest BCUT2D eigenvalue weighted by molar-refractivity contribution is 0.0946. The van der Waals surface area contributed by atoms with Gasteiger partial charge in [0.1, 0.15) is 5.75 Å². The highest BCUT2D eigenvalue weighted by molar-refractivity contribution is 5.95. The van der Waals surface area contributed by atoms with E-state index >= 15 is 0 Å². The molecular weight excluding hydrogens is 275 g/mol. The van der Waals surface area contributed by atoms with Crippen LogP contribution in [0.15, 0.2) is 36.5 Å². The van der Waals surface area contributed by atoms with Crippen molar-refractivity contribution in [2.75, 3.05) is 12.5 Å². The highest BCUT2D eigenvalue weighted by Gasteiger charge is 2.15. The van der Waals surface area contributed by atoms with Gasteiger partial charge < -0.3 is 15.5 Å². The van der Waals surface area contributed by atoms with Crippen LogP contribution in [0.3, 0.4) is 0 Å². The Labute approximate surface area is 121 Å². The fourth-order valence-corrected chi connectivity index (χ4v) is 1.84. The molecule has 0 spiro atoms. The number of rotatable bonds is 5. The summed E-state index contributed by atoms with van der Waals surface area (Å²) in [5.41, 5.74) is 2.76. The van der Waals surface area contributed by atoms with Crippen molar-refractivity contribution in [3.63, 3.8) is 0 Å². The van der Waals surface area contributed by atoms with E-state index in [0.717, 1.165) is 5.56 Å². The number of carbonyl (C=O) groups is 1. The van der Waals surface area contributed by atoms with Crippen LogP contribution in [0.4, 0.5) is 10.2 Å². The number of aromatic nitrogens is 1. The smallest absolute Gasteiger partial charge is 0.254 e. The standard InChI is InChI=1S/C14H15FN4O2/c1-21-11-5-3-2-4-9(11)8-18-14(20)10-6-7-17-13(19-16)12(10)15/h2-7H,8,16H2,1H3,(H,17,19)(H,18,20). The minimum atomic E-state index is -0.794. The molecule has 7 heteroatoms. The summed E-state index contributed by atoms with van der Waals surface area (Å²) < 4.78 is 19.1. The first-order valence-electron chi connectivity index (χ1n) is 6.18. The Morgan fingerprint density at radius 1 is 1.38 bits per heavy atom. The Morgan fingerprint density at radius 2 is 2.14 bits per heavy atom. The minimum Gasteiger partial charge on any atom is -0.496 e. The molecule has 0 aliphatic heterocycles. The fourth-order valence-electron chi connectivity index (χ4n) is 1.84. The molecule has 0 saturated carbocycles. The maximum atomic E-state index is 13.9. The molecule has 110 valence electrons. The minimum absolute atomic E-state index is 0.132. The van der Waals surface area contributed by atoms with Crippen LogP contribution in [-0.2, 0) is 6.54 Å². The van der Waals surface area contributed by atoms with Crippen molar-refractivity contribution in [3.8, 4) is 5.75 Å². The fraction of sp³-hybridized carbons (Fsp3) is 0.143. The Bertz CT molecular complexity index is 649. The van der Waals surface area contributed by atoms with E-state index in [1.165, 1.54) is 12.3 Å². The van der Waals surface area contributed by atoms with E-state index in [2.05, 4.69) is 15.7 Å². The molecule has 0 bridgehead atoms. The number of pyridine rings is 1. The number of hydrogen-bond donors (Lipinski definition) is 3.